The molecule has 21 heavy (non-hydrogen) atoms. The quantitative estimate of drug-likeness (QED) is 0.619. The van der Waals surface area contributed by atoms with Crippen LogP contribution in [0.3, 0.4) is 0 Å². The molecule has 1 unspecified atom stereocenters. The van der Waals surface area contributed by atoms with E-state index in [1.165, 1.54) is 0 Å². The number of carbonyl (C=O) groups is 2. The lowest BCUT2D eigenvalue weighted by Gasteiger charge is -2.11. The predicted molar refractivity (Wildman–Crippen MR) is 87.2 cm³/mol. The third-order valence-corrected chi connectivity index (χ3v) is 3.48. The van der Waals surface area contributed by atoms with Gasteiger partial charge in [-0.3, -0.25) is 9.59 Å². The fourth-order valence-corrected chi connectivity index (χ4v) is 2.21. The van der Waals surface area contributed by atoms with E-state index in [9.17, 15) is 9.59 Å². The van der Waals surface area contributed by atoms with Gasteiger partial charge >= 0.3 is 0 Å². The largest absolute Gasteiger partial charge is 0.356 e. The van der Waals surface area contributed by atoms with E-state index < -0.39 is 0 Å². The van der Waals surface area contributed by atoms with Gasteiger partial charge in [0.25, 0.3) is 5.91 Å². The number of amides is 2. The molecule has 0 fully saturated rings. The number of benzene rings is 1. The summed E-state index contributed by atoms with van der Waals surface area (Å²) in [7, 11) is 1.82. The topological polar surface area (TPSA) is 70.2 Å². The van der Waals surface area contributed by atoms with Crippen molar-refractivity contribution >= 4 is 27.7 Å². The fourth-order valence-electron chi connectivity index (χ4n) is 1.81. The van der Waals surface area contributed by atoms with E-state index >= 15 is 0 Å². The van der Waals surface area contributed by atoms with Gasteiger partial charge in [0.15, 0.2) is 0 Å². The Hall–Kier alpha value is -1.40. The maximum Gasteiger partial charge on any atom is 0.251 e. The summed E-state index contributed by atoms with van der Waals surface area (Å²) in [6, 6.07) is 7.23. The molecule has 5 nitrogen and oxygen atoms in total. The highest BCUT2D eigenvalue weighted by atomic mass is 79.9. The minimum atomic E-state index is -0.105. The van der Waals surface area contributed by atoms with Gasteiger partial charge in [0.05, 0.1) is 0 Å². The van der Waals surface area contributed by atoms with Gasteiger partial charge in [0.2, 0.25) is 5.91 Å². The van der Waals surface area contributed by atoms with Gasteiger partial charge in [0, 0.05) is 35.6 Å². The van der Waals surface area contributed by atoms with Gasteiger partial charge in [-0.2, -0.15) is 0 Å². The monoisotopic (exact) mass is 355 g/mol. The summed E-state index contributed by atoms with van der Waals surface area (Å²) >= 11 is 3.33. The van der Waals surface area contributed by atoms with Crippen LogP contribution < -0.4 is 16.0 Å². The summed E-state index contributed by atoms with van der Waals surface area (Å²) in [6.07, 6.45) is 0.706. The van der Waals surface area contributed by atoms with Crippen LogP contribution in [0.5, 0.6) is 0 Å². The van der Waals surface area contributed by atoms with Crippen molar-refractivity contribution in [3.63, 3.8) is 0 Å². The Balaban J connectivity index is 2.20. The second-order valence-electron chi connectivity index (χ2n) is 4.87. The molecular formula is C15H22BrN3O2. The number of hydrogen-bond acceptors (Lipinski definition) is 3. The number of hydrogen-bond donors (Lipinski definition) is 3. The van der Waals surface area contributed by atoms with Gasteiger partial charge in [-0.25, -0.2) is 0 Å². The van der Waals surface area contributed by atoms with Crippen molar-refractivity contribution in [2.24, 2.45) is 5.92 Å². The van der Waals surface area contributed by atoms with Crippen molar-refractivity contribution < 1.29 is 9.59 Å². The molecule has 1 atom stereocenters. The number of carbonyl (C=O) groups excluding carboxylic acids is 2. The molecule has 0 spiro atoms. The number of nitrogens with one attached hydrogen (secondary N) is 3. The average Bonchev–Trinajstić information content (AvgIpc) is 2.46. The Bertz CT molecular complexity index is 480. The van der Waals surface area contributed by atoms with E-state index in [1.54, 1.807) is 12.1 Å². The van der Waals surface area contributed by atoms with Crippen LogP contribution in [0.1, 0.15) is 23.7 Å². The zero-order valence-electron chi connectivity index (χ0n) is 12.4. The molecule has 0 aromatic heterocycles. The molecule has 2 amide bonds. The number of halogens is 1. The van der Waals surface area contributed by atoms with Gasteiger partial charge in [-0.05, 0) is 31.7 Å². The van der Waals surface area contributed by atoms with Crippen LogP contribution in [-0.4, -0.2) is 38.5 Å². The second kappa shape index (κ2) is 9.52. The molecule has 0 aliphatic carbocycles. The predicted octanol–water partition coefficient (Wildman–Crippen LogP) is 1.54. The van der Waals surface area contributed by atoms with Crippen LogP contribution in [0.2, 0.25) is 0 Å². The third-order valence-electron chi connectivity index (χ3n) is 2.98. The first kappa shape index (κ1) is 17.7. The lowest BCUT2D eigenvalue weighted by Crippen LogP contribution is -2.36. The molecular weight excluding hydrogens is 334 g/mol. The lowest BCUT2D eigenvalue weighted by atomic mass is 10.1. The molecule has 1 rings (SSSR count). The molecule has 1 aromatic rings. The van der Waals surface area contributed by atoms with Crippen LogP contribution in [0.15, 0.2) is 28.7 Å². The Labute approximate surface area is 134 Å². The Morgan fingerprint density at radius 3 is 2.62 bits per heavy atom. The highest BCUT2D eigenvalue weighted by molar-refractivity contribution is 9.10. The van der Waals surface area contributed by atoms with E-state index in [0.29, 0.717) is 31.6 Å². The molecule has 3 N–H and O–H groups in total. The van der Waals surface area contributed by atoms with Gasteiger partial charge < -0.3 is 16.0 Å². The van der Waals surface area contributed by atoms with Crippen molar-refractivity contribution in [3.8, 4) is 0 Å². The Kier molecular flexibility index (Phi) is 8.00. The summed E-state index contributed by atoms with van der Waals surface area (Å²) in [5.41, 5.74) is 0.621. The first-order valence-electron chi connectivity index (χ1n) is 7.00. The van der Waals surface area contributed by atoms with Crippen molar-refractivity contribution in [2.45, 2.75) is 13.3 Å². The first-order chi connectivity index (χ1) is 10.0. The molecule has 116 valence electrons. The van der Waals surface area contributed by atoms with Crippen molar-refractivity contribution in [1.29, 1.82) is 0 Å². The van der Waals surface area contributed by atoms with Crippen LogP contribution in [-0.2, 0) is 4.79 Å². The summed E-state index contributed by atoms with van der Waals surface area (Å²) in [5.74, 6) is -0.125. The highest BCUT2D eigenvalue weighted by Gasteiger charge is 2.10. The summed E-state index contributed by atoms with van der Waals surface area (Å²) < 4.78 is 0.876. The van der Waals surface area contributed by atoms with E-state index in [4.69, 9.17) is 0 Å². The SMILES string of the molecule is CNCC(C)C(=O)NCCCNC(=O)c1cccc(Br)c1. The van der Waals surface area contributed by atoms with E-state index in [1.807, 2.05) is 26.1 Å². The van der Waals surface area contributed by atoms with Crippen molar-refractivity contribution in [2.75, 3.05) is 26.7 Å². The average molecular weight is 356 g/mol. The van der Waals surface area contributed by atoms with Gasteiger partial charge in [0.1, 0.15) is 0 Å². The van der Waals surface area contributed by atoms with Crippen LogP contribution in [0.4, 0.5) is 0 Å². The highest BCUT2D eigenvalue weighted by Crippen LogP contribution is 2.11. The smallest absolute Gasteiger partial charge is 0.251 e. The van der Waals surface area contributed by atoms with E-state index in [-0.39, 0.29) is 17.7 Å². The third kappa shape index (κ3) is 6.73. The second-order valence-corrected chi connectivity index (χ2v) is 5.79. The molecule has 0 aliphatic heterocycles. The summed E-state index contributed by atoms with van der Waals surface area (Å²) in [4.78, 5) is 23.5. The number of rotatable bonds is 8. The molecule has 6 heteroatoms. The first-order valence-corrected chi connectivity index (χ1v) is 7.80. The molecule has 0 heterocycles. The van der Waals surface area contributed by atoms with Crippen molar-refractivity contribution in [1.82, 2.24) is 16.0 Å². The molecule has 0 bridgehead atoms. The molecule has 1 aromatic carbocycles. The van der Waals surface area contributed by atoms with Crippen LogP contribution >= 0.6 is 15.9 Å². The van der Waals surface area contributed by atoms with Gasteiger partial charge in [-0.15, -0.1) is 0 Å². The minimum absolute atomic E-state index is 0.0302. The normalized spacial score (nSPS) is 11.8. The Morgan fingerprint density at radius 2 is 1.95 bits per heavy atom. The maximum atomic E-state index is 11.9. The van der Waals surface area contributed by atoms with Crippen molar-refractivity contribution in [3.05, 3.63) is 34.3 Å². The zero-order valence-corrected chi connectivity index (χ0v) is 14.0. The van der Waals surface area contributed by atoms with Gasteiger partial charge in [-0.1, -0.05) is 28.9 Å². The van der Waals surface area contributed by atoms with Crippen LogP contribution in [0, 0.1) is 5.92 Å². The standard InChI is InChI=1S/C15H22BrN3O2/c1-11(10-17-2)14(20)18-7-4-8-19-15(21)12-5-3-6-13(16)9-12/h3,5-6,9,11,17H,4,7-8,10H2,1-2H3,(H,18,20)(H,19,21). The molecule has 0 aliphatic rings. The Morgan fingerprint density at radius 1 is 1.24 bits per heavy atom. The molecule has 0 radical (unpaired) electrons. The summed E-state index contributed by atoms with van der Waals surface area (Å²) in [6.45, 7) is 3.63. The molecule has 0 saturated heterocycles. The summed E-state index contributed by atoms with van der Waals surface area (Å²) in [5, 5.41) is 8.65. The van der Waals surface area contributed by atoms with Crippen LogP contribution in [0.25, 0.3) is 0 Å². The van der Waals surface area contributed by atoms with E-state index in [0.717, 1.165) is 4.47 Å². The fraction of sp³-hybridized carbons (Fsp3) is 0.467. The lowest BCUT2D eigenvalue weighted by molar-refractivity contribution is -0.124. The molecule has 0 saturated carbocycles. The maximum absolute atomic E-state index is 11.9. The van der Waals surface area contributed by atoms with E-state index in [2.05, 4.69) is 31.9 Å². The zero-order chi connectivity index (χ0) is 15.7. The minimum Gasteiger partial charge on any atom is -0.356 e.